The molecule has 1 aromatic carbocycles. The van der Waals surface area contributed by atoms with E-state index in [0.717, 1.165) is 95.3 Å². The maximum atomic E-state index is 13.6. The Balaban J connectivity index is 2.62. The lowest BCUT2D eigenvalue weighted by Gasteiger charge is -2.30. The van der Waals surface area contributed by atoms with Crippen molar-refractivity contribution in [2.24, 2.45) is 16.8 Å². The molecule has 394 valence electrons. The molecule has 9 nitrogen and oxygen atoms in total. The van der Waals surface area contributed by atoms with Crippen molar-refractivity contribution in [1.29, 1.82) is 0 Å². The third-order valence-corrected chi connectivity index (χ3v) is 12.7. The van der Waals surface area contributed by atoms with Crippen molar-refractivity contribution in [3.05, 3.63) is 59.7 Å². The standard InChI is InChI=1S/C60H103N3O6/c1-7-9-11-13-15-17-19-21-23-25-27-29-31-33-35-40-57(65)69-60(5,6)48-56(68-51-54(50-64)39-34-32-30-28-26-24-22-20-18-16-14-12-10-8-2)59(67)63-47-46-61-49-53-41-43-55(44-42-53)58(66)62-45-37-36-38-52(3)4/h21-24,41-44,49-50,52,54,56H,7-20,25-40,45-48,51H2,1-6H3,(H,62,66)(H,63,67). The zero-order valence-electron chi connectivity index (χ0n) is 45.2. The summed E-state index contributed by atoms with van der Waals surface area (Å²) in [6.07, 6.45) is 45.6. The lowest BCUT2D eigenvalue weighted by Crippen LogP contribution is -2.44. The molecule has 2 unspecified atom stereocenters. The van der Waals surface area contributed by atoms with Crippen molar-refractivity contribution in [3.8, 4) is 0 Å². The maximum Gasteiger partial charge on any atom is 0.306 e. The predicted molar refractivity (Wildman–Crippen MR) is 291 cm³/mol. The molecule has 0 heterocycles. The number of hydrogen-bond donors (Lipinski definition) is 2. The summed E-state index contributed by atoms with van der Waals surface area (Å²) in [5, 5.41) is 5.96. The molecule has 1 aromatic rings. The van der Waals surface area contributed by atoms with Crippen LogP contribution in [0.4, 0.5) is 0 Å². The Morgan fingerprint density at radius 3 is 1.67 bits per heavy atom. The van der Waals surface area contributed by atoms with Gasteiger partial charge < -0.3 is 24.9 Å². The highest BCUT2D eigenvalue weighted by molar-refractivity contribution is 5.95. The molecule has 0 aliphatic heterocycles. The van der Waals surface area contributed by atoms with Crippen LogP contribution in [0.25, 0.3) is 0 Å². The Bertz CT molecular complexity index is 1500. The topological polar surface area (TPSA) is 123 Å². The van der Waals surface area contributed by atoms with Crippen molar-refractivity contribution in [2.45, 2.75) is 252 Å². The Kier molecular flexibility index (Phi) is 40.8. The number of benzene rings is 1. The molecule has 1 rings (SSSR count). The second-order valence-electron chi connectivity index (χ2n) is 20.6. The highest BCUT2D eigenvalue weighted by Gasteiger charge is 2.32. The van der Waals surface area contributed by atoms with Crippen LogP contribution < -0.4 is 10.6 Å². The number of carbonyl (C=O) groups excluding carboxylic acids is 4. The third kappa shape index (κ3) is 38.8. The van der Waals surface area contributed by atoms with Gasteiger partial charge in [0.25, 0.3) is 5.91 Å². The fourth-order valence-corrected chi connectivity index (χ4v) is 8.38. The number of amides is 2. The smallest absolute Gasteiger partial charge is 0.306 e. The molecule has 0 saturated heterocycles. The average molecular weight is 962 g/mol. The third-order valence-electron chi connectivity index (χ3n) is 12.7. The molecule has 0 aromatic heterocycles. The van der Waals surface area contributed by atoms with Gasteiger partial charge in [-0.3, -0.25) is 19.4 Å². The quantitative estimate of drug-likeness (QED) is 0.0220. The van der Waals surface area contributed by atoms with Crippen molar-refractivity contribution < 1.29 is 28.7 Å². The minimum absolute atomic E-state index is 0.0778. The first-order valence-electron chi connectivity index (χ1n) is 28.3. The summed E-state index contributed by atoms with van der Waals surface area (Å²) >= 11 is 0. The minimum Gasteiger partial charge on any atom is -0.460 e. The molecule has 69 heavy (non-hydrogen) atoms. The summed E-state index contributed by atoms with van der Waals surface area (Å²) in [4.78, 5) is 55.9. The first-order chi connectivity index (χ1) is 33.5. The average Bonchev–Trinajstić information content (AvgIpc) is 3.32. The van der Waals surface area contributed by atoms with Crippen LogP contribution in [0.15, 0.2) is 53.6 Å². The Morgan fingerprint density at radius 2 is 1.13 bits per heavy atom. The van der Waals surface area contributed by atoms with Crippen molar-refractivity contribution in [1.82, 2.24) is 10.6 Å². The van der Waals surface area contributed by atoms with Gasteiger partial charge in [-0.2, -0.15) is 0 Å². The second kappa shape index (κ2) is 44.4. The summed E-state index contributed by atoms with van der Waals surface area (Å²) < 4.78 is 12.2. The van der Waals surface area contributed by atoms with E-state index in [2.05, 4.69) is 67.6 Å². The van der Waals surface area contributed by atoms with Crippen LogP contribution in [0.5, 0.6) is 0 Å². The zero-order valence-corrected chi connectivity index (χ0v) is 45.2. The van der Waals surface area contributed by atoms with Gasteiger partial charge in [0.1, 0.15) is 18.0 Å². The van der Waals surface area contributed by atoms with Gasteiger partial charge in [0.15, 0.2) is 0 Å². The molecule has 0 fully saturated rings. The van der Waals surface area contributed by atoms with Gasteiger partial charge in [-0.05, 0) is 108 Å². The molecule has 2 amide bonds. The van der Waals surface area contributed by atoms with Crippen molar-refractivity contribution >= 4 is 30.3 Å². The van der Waals surface area contributed by atoms with Crippen LogP contribution in [0.1, 0.15) is 257 Å². The monoisotopic (exact) mass is 962 g/mol. The molecule has 2 atom stereocenters. The fourth-order valence-electron chi connectivity index (χ4n) is 8.38. The summed E-state index contributed by atoms with van der Waals surface area (Å²) in [5.41, 5.74) is 0.521. The van der Waals surface area contributed by atoms with Crippen LogP contribution in [-0.4, -0.2) is 68.2 Å². The molecule has 0 saturated carbocycles. The largest absolute Gasteiger partial charge is 0.460 e. The van der Waals surface area contributed by atoms with Crippen molar-refractivity contribution in [3.63, 3.8) is 0 Å². The fraction of sp³-hybridized carbons (Fsp3) is 0.750. The van der Waals surface area contributed by atoms with E-state index in [-0.39, 0.29) is 43.3 Å². The molecule has 0 bridgehead atoms. The van der Waals surface area contributed by atoms with E-state index in [0.29, 0.717) is 37.4 Å². The SMILES string of the molecule is CCCCCCCCC=CCCCCCCCC(=O)OC(C)(C)CC(OCC(C=O)CCCCCCC=CCCCCCCCC)C(=O)NCCN=Cc1ccc(C(=O)NCCCCC(C)C)cc1. The highest BCUT2D eigenvalue weighted by atomic mass is 16.6. The highest BCUT2D eigenvalue weighted by Crippen LogP contribution is 2.22. The number of rotatable bonds is 47. The number of allylic oxidation sites excluding steroid dienone is 4. The van der Waals surface area contributed by atoms with Gasteiger partial charge in [0.2, 0.25) is 5.91 Å². The number of unbranched alkanes of at least 4 members (excludes halogenated alkanes) is 22. The number of nitrogens with one attached hydrogen (secondary N) is 2. The minimum atomic E-state index is -0.949. The first-order valence-corrected chi connectivity index (χ1v) is 28.3. The summed E-state index contributed by atoms with van der Waals surface area (Å²) in [6, 6.07) is 7.32. The van der Waals surface area contributed by atoms with E-state index >= 15 is 0 Å². The number of ether oxygens (including phenoxy) is 2. The zero-order chi connectivity index (χ0) is 50.5. The van der Waals surface area contributed by atoms with E-state index in [4.69, 9.17) is 9.47 Å². The molecular formula is C60H103N3O6. The van der Waals surface area contributed by atoms with Gasteiger partial charge in [-0.15, -0.1) is 0 Å². The molecule has 0 spiro atoms. The number of carbonyl (C=O) groups is 4. The van der Waals surface area contributed by atoms with Gasteiger partial charge in [-0.1, -0.05) is 180 Å². The predicted octanol–water partition coefficient (Wildman–Crippen LogP) is 15.4. The first kappa shape index (κ1) is 63.4. The van der Waals surface area contributed by atoms with E-state index in [9.17, 15) is 19.2 Å². The van der Waals surface area contributed by atoms with Gasteiger partial charge >= 0.3 is 5.97 Å². The van der Waals surface area contributed by atoms with Gasteiger partial charge in [-0.25, -0.2) is 0 Å². The van der Waals surface area contributed by atoms with Crippen LogP contribution in [0.3, 0.4) is 0 Å². The van der Waals surface area contributed by atoms with Crippen LogP contribution in [0.2, 0.25) is 0 Å². The number of aldehydes is 1. The molecule has 0 radical (unpaired) electrons. The van der Waals surface area contributed by atoms with E-state index < -0.39 is 11.7 Å². The van der Waals surface area contributed by atoms with Gasteiger partial charge in [0.05, 0.1) is 13.2 Å². The molecule has 0 aliphatic rings. The number of aliphatic imine (C=N–C) groups is 1. The van der Waals surface area contributed by atoms with Crippen LogP contribution in [0, 0.1) is 11.8 Å². The van der Waals surface area contributed by atoms with Crippen LogP contribution >= 0.6 is 0 Å². The second-order valence-corrected chi connectivity index (χ2v) is 20.6. The number of nitrogens with zero attached hydrogens (tertiary/aromatic N) is 1. The summed E-state index contributed by atoms with van der Waals surface area (Å²) in [5.74, 6) is -0.313. The van der Waals surface area contributed by atoms with E-state index in [1.54, 1.807) is 18.3 Å². The Labute approximate surface area is 423 Å². The number of esters is 1. The van der Waals surface area contributed by atoms with Gasteiger partial charge in [0, 0.05) is 43.6 Å². The normalized spacial score (nSPS) is 12.9. The molecule has 2 N–H and O–H groups in total. The van der Waals surface area contributed by atoms with E-state index in [1.165, 1.54) is 96.3 Å². The maximum absolute atomic E-state index is 13.6. The van der Waals surface area contributed by atoms with Crippen LogP contribution in [-0.2, 0) is 23.9 Å². The Morgan fingerprint density at radius 1 is 0.623 bits per heavy atom. The lowest BCUT2D eigenvalue weighted by molar-refractivity contribution is -0.163. The Hall–Kier alpha value is -3.59. The molecule has 0 aliphatic carbocycles. The summed E-state index contributed by atoms with van der Waals surface area (Å²) in [6.45, 7) is 14.0. The summed E-state index contributed by atoms with van der Waals surface area (Å²) in [7, 11) is 0. The van der Waals surface area contributed by atoms with E-state index in [1.807, 2.05) is 26.0 Å². The van der Waals surface area contributed by atoms with Crippen molar-refractivity contribution in [2.75, 3.05) is 26.2 Å². The molecular weight excluding hydrogens is 859 g/mol. The number of hydrogen-bond acceptors (Lipinski definition) is 7. The molecule has 9 heteroatoms. The lowest BCUT2D eigenvalue weighted by atomic mass is 9.98.